The average Bonchev–Trinajstić information content (AvgIpc) is 2.49. The first kappa shape index (κ1) is 16.4. The number of hydrogen-bond donors (Lipinski definition) is 0. The third kappa shape index (κ3) is 3.60. The van der Waals surface area contributed by atoms with E-state index in [-0.39, 0.29) is 11.9 Å². The summed E-state index contributed by atoms with van der Waals surface area (Å²) in [5, 5.41) is 0. The molecule has 118 valence electrons. The third-order valence-electron chi connectivity index (χ3n) is 3.75. The number of methoxy groups -OCH3 is 1. The van der Waals surface area contributed by atoms with E-state index in [1.807, 2.05) is 18.9 Å². The number of halogens is 3. The number of rotatable bonds is 5. The van der Waals surface area contributed by atoms with E-state index >= 15 is 0 Å². The van der Waals surface area contributed by atoms with Crippen molar-refractivity contribution in [1.29, 1.82) is 0 Å². The van der Waals surface area contributed by atoms with Crippen LogP contribution in [0, 0.1) is 17.5 Å². The highest BCUT2D eigenvalue weighted by Crippen LogP contribution is 2.26. The summed E-state index contributed by atoms with van der Waals surface area (Å²) in [4.78, 5) is 1.91. The highest BCUT2D eigenvalue weighted by molar-refractivity contribution is 5.34. The van der Waals surface area contributed by atoms with Gasteiger partial charge >= 0.3 is 0 Å². The molecule has 0 aliphatic heterocycles. The molecule has 0 N–H and O–H groups in total. The quantitative estimate of drug-likeness (QED) is 0.816. The van der Waals surface area contributed by atoms with E-state index in [0.29, 0.717) is 23.4 Å². The van der Waals surface area contributed by atoms with Gasteiger partial charge in [0.25, 0.3) is 0 Å². The summed E-state index contributed by atoms with van der Waals surface area (Å²) in [6, 6.07) is 7.98. The minimum absolute atomic E-state index is 0.164. The van der Waals surface area contributed by atoms with Crippen LogP contribution >= 0.6 is 0 Å². The van der Waals surface area contributed by atoms with Crippen molar-refractivity contribution in [3.05, 3.63) is 65.0 Å². The number of hydrogen-bond acceptors (Lipinski definition) is 2. The van der Waals surface area contributed by atoms with Crippen molar-refractivity contribution in [3.8, 4) is 5.75 Å². The van der Waals surface area contributed by atoms with Crippen molar-refractivity contribution in [2.45, 2.75) is 19.5 Å². The first-order valence-corrected chi connectivity index (χ1v) is 6.90. The molecular weight excluding hydrogens is 291 g/mol. The van der Waals surface area contributed by atoms with Crippen molar-refractivity contribution in [3.63, 3.8) is 0 Å². The van der Waals surface area contributed by atoms with Crippen molar-refractivity contribution in [2.24, 2.45) is 0 Å². The maximum atomic E-state index is 13.4. The summed E-state index contributed by atoms with van der Waals surface area (Å²) in [5.41, 5.74) is 1.34. The predicted octanol–water partition coefficient (Wildman–Crippen LogP) is 4.31. The van der Waals surface area contributed by atoms with E-state index in [4.69, 9.17) is 4.74 Å². The van der Waals surface area contributed by atoms with Crippen LogP contribution < -0.4 is 4.74 Å². The van der Waals surface area contributed by atoms with Gasteiger partial charge in [-0.3, -0.25) is 4.90 Å². The molecule has 0 aromatic heterocycles. The van der Waals surface area contributed by atoms with Gasteiger partial charge in [-0.25, -0.2) is 13.2 Å². The molecule has 0 amide bonds. The van der Waals surface area contributed by atoms with Gasteiger partial charge in [-0.05, 0) is 49.9 Å². The zero-order valence-corrected chi connectivity index (χ0v) is 12.7. The summed E-state index contributed by atoms with van der Waals surface area (Å²) in [6.45, 7) is 2.29. The Labute approximate surface area is 128 Å². The molecule has 22 heavy (non-hydrogen) atoms. The molecule has 2 nitrogen and oxygen atoms in total. The van der Waals surface area contributed by atoms with Crippen LogP contribution in [0.25, 0.3) is 0 Å². The lowest BCUT2D eigenvalue weighted by molar-refractivity contribution is 0.248. The van der Waals surface area contributed by atoms with Crippen molar-refractivity contribution in [1.82, 2.24) is 4.90 Å². The zero-order valence-electron chi connectivity index (χ0n) is 12.7. The van der Waals surface area contributed by atoms with Crippen LogP contribution in [0.4, 0.5) is 13.2 Å². The minimum Gasteiger partial charge on any atom is -0.496 e. The van der Waals surface area contributed by atoms with E-state index in [2.05, 4.69) is 0 Å². The zero-order chi connectivity index (χ0) is 16.3. The maximum Gasteiger partial charge on any atom is 0.159 e. The van der Waals surface area contributed by atoms with Crippen LogP contribution in [0.2, 0.25) is 0 Å². The van der Waals surface area contributed by atoms with Gasteiger partial charge in [-0.2, -0.15) is 0 Å². The molecule has 0 saturated heterocycles. The van der Waals surface area contributed by atoms with Gasteiger partial charge in [0, 0.05) is 18.2 Å². The molecule has 1 unspecified atom stereocenters. The monoisotopic (exact) mass is 309 g/mol. The summed E-state index contributed by atoms with van der Waals surface area (Å²) >= 11 is 0. The van der Waals surface area contributed by atoms with Gasteiger partial charge in [0.2, 0.25) is 0 Å². The molecular formula is C17H18F3NO. The summed E-state index contributed by atoms with van der Waals surface area (Å²) < 4.78 is 45.0. The molecule has 0 spiro atoms. The molecule has 0 radical (unpaired) electrons. The Balaban J connectivity index is 2.19. The lowest BCUT2D eigenvalue weighted by Crippen LogP contribution is -2.22. The van der Waals surface area contributed by atoms with E-state index < -0.39 is 11.6 Å². The van der Waals surface area contributed by atoms with Crippen LogP contribution in [0.15, 0.2) is 36.4 Å². The van der Waals surface area contributed by atoms with Gasteiger partial charge in [-0.15, -0.1) is 0 Å². The Bertz CT molecular complexity index is 660. The van der Waals surface area contributed by atoms with Crippen molar-refractivity contribution in [2.75, 3.05) is 14.2 Å². The molecule has 0 fully saturated rings. The Morgan fingerprint density at radius 3 is 2.41 bits per heavy atom. The largest absolute Gasteiger partial charge is 0.496 e. The van der Waals surface area contributed by atoms with Crippen LogP contribution in [0.1, 0.15) is 24.1 Å². The minimum atomic E-state index is -0.874. The SMILES string of the molecule is COc1ccc(F)cc1CN(C)C(C)c1ccc(F)c(F)c1. The van der Waals surface area contributed by atoms with E-state index in [1.54, 1.807) is 12.1 Å². The average molecular weight is 309 g/mol. The van der Waals surface area contributed by atoms with E-state index in [9.17, 15) is 13.2 Å². The van der Waals surface area contributed by atoms with Gasteiger partial charge in [0.15, 0.2) is 11.6 Å². The second kappa shape index (κ2) is 6.83. The fourth-order valence-corrected chi connectivity index (χ4v) is 2.30. The van der Waals surface area contributed by atoms with Crippen LogP contribution in [0.5, 0.6) is 5.75 Å². The molecule has 5 heteroatoms. The van der Waals surface area contributed by atoms with Crippen LogP contribution in [-0.2, 0) is 6.54 Å². The molecule has 0 aliphatic rings. The smallest absolute Gasteiger partial charge is 0.159 e. The first-order chi connectivity index (χ1) is 10.4. The Kier molecular flexibility index (Phi) is 5.08. The highest BCUT2D eigenvalue weighted by atomic mass is 19.2. The maximum absolute atomic E-state index is 13.4. The molecule has 2 aromatic carbocycles. The molecule has 2 aromatic rings. The fourth-order valence-electron chi connectivity index (χ4n) is 2.30. The highest BCUT2D eigenvalue weighted by Gasteiger charge is 2.16. The summed E-state index contributed by atoms with van der Waals surface area (Å²) in [6.07, 6.45) is 0. The second-order valence-corrected chi connectivity index (χ2v) is 5.22. The molecule has 0 saturated carbocycles. The lowest BCUT2D eigenvalue weighted by atomic mass is 10.1. The topological polar surface area (TPSA) is 12.5 Å². The van der Waals surface area contributed by atoms with E-state index in [0.717, 1.165) is 6.07 Å². The number of ether oxygens (including phenoxy) is 1. The normalized spacial score (nSPS) is 12.5. The molecule has 0 heterocycles. The Morgan fingerprint density at radius 2 is 1.77 bits per heavy atom. The first-order valence-electron chi connectivity index (χ1n) is 6.90. The second-order valence-electron chi connectivity index (χ2n) is 5.22. The van der Waals surface area contributed by atoms with Gasteiger partial charge in [0.05, 0.1) is 7.11 Å². The van der Waals surface area contributed by atoms with Gasteiger partial charge in [0.1, 0.15) is 11.6 Å². The summed E-state index contributed by atoms with van der Waals surface area (Å²) in [7, 11) is 3.35. The summed E-state index contributed by atoms with van der Waals surface area (Å²) in [5.74, 6) is -1.50. The van der Waals surface area contributed by atoms with Gasteiger partial charge < -0.3 is 4.74 Å². The van der Waals surface area contributed by atoms with Crippen LogP contribution in [0.3, 0.4) is 0 Å². The molecule has 0 bridgehead atoms. The van der Waals surface area contributed by atoms with E-state index in [1.165, 1.54) is 25.3 Å². The van der Waals surface area contributed by atoms with Crippen molar-refractivity contribution < 1.29 is 17.9 Å². The van der Waals surface area contributed by atoms with Crippen molar-refractivity contribution >= 4 is 0 Å². The Morgan fingerprint density at radius 1 is 1.05 bits per heavy atom. The Hall–Kier alpha value is -2.01. The molecule has 0 aliphatic carbocycles. The number of benzene rings is 2. The van der Waals surface area contributed by atoms with Gasteiger partial charge in [-0.1, -0.05) is 6.07 Å². The standard InChI is InChI=1S/C17H18F3NO/c1-11(12-4-6-15(19)16(20)9-12)21(2)10-13-8-14(18)5-7-17(13)22-3/h4-9,11H,10H2,1-3H3. The third-order valence-corrected chi connectivity index (χ3v) is 3.75. The predicted molar refractivity (Wildman–Crippen MR) is 79.2 cm³/mol. The molecule has 2 rings (SSSR count). The fraction of sp³-hybridized carbons (Fsp3) is 0.294. The van der Waals surface area contributed by atoms with Crippen LogP contribution in [-0.4, -0.2) is 19.1 Å². The lowest BCUT2D eigenvalue weighted by Gasteiger charge is -2.26. The number of nitrogens with zero attached hydrogens (tertiary/aromatic N) is 1. The molecule has 1 atom stereocenters.